The summed E-state index contributed by atoms with van der Waals surface area (Å²) in [7, 11) is 3.24. The molecule has 2 heterocycles. The number of hydrogen-bond acceptors (Lipinski definition) is 6. The summed E-state index contributed by atoms with van der Waals surface area (Å²) in [6.07, 6.45) is 4.61. The van der Waals surface area contributed by atoms with Gasteiger partial charge in [-0.2, -0.15) is 0 Å². The number of ether oxygens (including phenoxy) is 3. The summed E-state index contributed by atoms with van der Waals surface area (Å²) in [5.74, 6) is 1.04. The summed E-state index contributed by atoms with van der Waals surface area (Å²) in [6, 6.07) is 11.6. The molecular weight excluding hydrogens is 446 g/mol. The Bertz CT molecular complexity index is 1230. The molecule has 0 bridgehead atoms. The molecule has 1 aromatic heterocycles. The highest BCUT2D eigenvalue weighted by Crippen LogP contribution is 2.38. The summed E-state index contributed by atoms with van der Waals surface area (Å²) in [5, 5.41) is 0.932. The quantitative estimate of drug-likeness (QED) is 0.338. The lowest BCUT2D eigenvalue weighted by atomic mass is 9.96. The summed E-state index contributed by atoms with van der Waals surface area (Å²) >= 11 is 0. The van der Waals surface area contributed by atoms with Crippen LogP contribution in [0.2, 0.25) is 0 Å². The zero-order chi connectivity index (χ0) is 24.9. The first-order chi connectivity index (χ1) is 16.9. The second-order valence-corrected chi connectivity index (χ2v) is 8.61. The van der Waals surface area contributed by atoms with Crippen molar-refractivity contribution < 1.29 is 28.2 Å². The highest BCUT2D eigenvalue weighted by atomic mass is 16.5. The van der Waals surface area contributed by atoms with E-state index in [2.05, 4.69) is 0 Å². The molecule has 0 aliphatic carbocycles. The third-order valence-corrected chi connectivity index (χ3v) is 6.49. The monoisotopic (exact) mass is 477 g/mol. The molecule has 1 aliphatic rings. The molecule has 0 radical (unpaired) electrons. The van der Waals surface area contributed by atoms with Gasteiger partial charge in [-0.1, -0.05) is 12.1 Å². The number of carbonyl (C=O) groups excluding carboxylic acids is 2. The lowest BCUT2D eigenvalue weighted by molar-refractivity contribution is -0.150. The van der Waals surface area contributed by atoms with Crippen molar-refractivity contribution in [1.29, 1.82) is 0 Å². The predicted octanol–water partition coefficient (Wildman–Crippen LogP) is 5.32. The lowest BCUT2D eigenvalue weighted by Gasteiger charge is -2.30. The Kier molecular flexibility index (Phi) is 7.44. The number of fused-ring (bicyclic) bond motifs is 1. The Labute approximate surface area is 205 Å². The van der Waals surface area contributed by atoms with Crippen LogP contribution in [0.15, 0.2) is 53.2 Å². The third-order valence-electron chi connectivity index (χ3n) is 6.49. The molecular formula is C28H31NO6. The molecule has 184 valence electrons. The molecule has 0 N–H and O–H groups in total. The van der Waals surface area contributed by atoms with Crippen LogP contribution in [-0.4, -0.2) is 50.7 Å². The van der Waals surface area contributed by atoms with Crippen LogP contribution < -0.4 is 9.47 Å². The molecule has 2 aromatic carbocycles. The first-order valence-electron chi connectivity index (χ1n) is 11.8. The van der Waals surface area contributed by atoms with Gasteiger partial charge < -0.3 is 23.5 Å². The van der Waals surface area contributed by atoms with E-state index in [-0.39, 0.29) is 17.8 Å². The van der Waals surface area contributed by atoms with Gasteiger partial charge in [-0.3, -0.25) is 9.59 Å². The van der Waals surface area contributed by atoms with E-state index in [4.69, 9.17) is 18.6 Å². The van der Waals surface area contributed by atoms with Crippen molar-refractivity contribution in [3.05, 3.63) is 54.3 Å². The molecule has 1 fully saturated rings. The van der Waals surface area contributed by atoms with Gasteiger partial charge in [-0.05, 0) is 56.0 Å². The van der Waals surface area contributed by atoms with Gasteiger partial charge in [0.1, 0.15) is 17.1 Å². The fourth-order valence-electron chi connectivity index (χ4n) is 4.48. The fraction of sp³-hybridized carbons (Fsp3) is 0.357. The number of likely N-dealkylation sites (tertiary alicyclic amines) is 1. The van der Waals surface area contributed by atoms with Crippen LogP contribution in [0, 0.1) is 5.92 Å². The van der Waals surface area contributed by atoms with Crippen molar-refractivity contribution in [3.8, 4) is 22.6 Å². The molecule has 7 heteroatoms. The molecule has 0 atom stereocenters. The highest BCUT2D eigenvalue weighted by Gasteiger charge is 2.27. The zero-order valence-electron chi connectivity index (χ0n) is 20.6. The SMILES string of the molecule is CCOC(=O)C1CCN(C(=O)/C=C(\C)c2cc3c(-c4ccc(OC)cc4)coc3cc2OC)CC1. The van der Waals surface area contributed by atoms with Crippen molar-refractivity contribution in [1.82, 2.24) is 4.90 Å². The number of hydrogen-bond donors (Lipinski definition) is 0. The van der Waals surface area contributed by atoms with Gasteiger partial charge in [0.05, 0.1) is 33.0 Å². The van der Waals surface area contributed by atoms with E-state index in [1.165, 1.54) is 0 Å². The smallest absolute Gasteiger partial charge is 0.309 e. The minimum atomic E-state index is -0.169. The molecule has 0 spiro atoms. The summed E-state index contributed by atoms with van der Waals surface area (Å²) in [6.45, 7) is 5.15. The third kappa shape index (κ3) is 5.19. The molecule has 1 amide bonds. The normalized spacial score (nSPS) is 14.7. The van der Waals surface area contributed by atoms with Gasteiger partial charge in [0.15, 0.2) is 0 Å². The second-order valence-electron chi connectivity index (χ2n) is 8.61. The molecule has 1 saturated heterocycles. The average Bonchev–Trinajstić information content (AvgIpc) is 3.31. The van der Waals surface area contributed by atoms with E-state index in [1.807, 2.05) is 43.3 Å². The van der Waals surface area contributed by atoms with Crippen molar-refractivity contribution in [2.75, 3.05) is 33.9 Å². The second kappa shape index (κ2) is 10.7. The van der Waals surface area contributed by atoms with Gasteiger partial charge in [-0.25, -0.2) is 0 Å². The van der Waals surface area contributed by atoms with Crippen LogP contribution in [0.3, 0.4) is 0 Å². The van der Waals surface area contributed by atoms with Crippen LogP contribution in [-0.2, 0) is 14.3 Å². The van der Waals surface area contributed by atoms with Crippen LogP contribution in [0.4, 0.5) is 0 Å². The van der Waals surface area contributed by atoms with Crippen molar-refractivity contribution >= 4 is 28.4 Å². The van der Waals surface area contributed by atoms with Crippen LogP contribution in [0.25, 0.3) is 27.7 Å². The van der Waals surface area contributed by atoms with Crippen LogP contribution in [0.1, 0.15) is 32.3 Å². The first-order valence-corrected chi connectivity index (χ1v) is 11.8. The summed E-state index contributed by atoms with van der Waals surface area (Å²) in [4.78, 5) is 26.8. The average molecular weight is 478 g/mol. The molecule has 4 rings (SSSR count). The number of amides is 1. The number of carbonyl (C=O) groups is 2. The van der Waals surface area contributed by atoms with Crippen molar-refractivity contribution in [2.45, 2.75) is 26.7 Å². The molecule has 1 aliphatic heterocycles. The van der Waals surface area contributed by atoms with Gasteiger partial charge >= 0.3 is 5.97 Å². The fourth-order valence-corrected chi connectivity index (χ4v) is 4.48. The predicted molar refractivity (Wildman–Crippen MR) is 134 cm³/mol. The minimum Gasteiger partial charge on any atom is -0.497 e. The number of rotatable bonds is 7. The summed E-state index contributed by atoms with van der Waals surface area (Å²) in [5.41, 5.74) is 4.28. The first kappa shape index (κ1) is 24.4. The Morgan fingerprint density at radius 1 is 1.09 bits per heavy atom. The van der Waals surface area contributed by atoms with Crippen molar-refractivity contribution in [3.63, 3.8) is 0 Å². The molecule has 7 nitrogen and oxygen atoms in total. The minimum absolute atomic E-state index is 0.0745. The zero-order valence-corrected chi connectivity index (χ0v) is 20.6. The highest BCUT2D eigenvalue weighted by molar-refractivity contribution is 6.00. The number of methoxy groups -OCH3 is 2. The van der Waals surface area contributed by atoms with Gasteiger partial charge in [0.2, 0.25) is 5.91 Å². The van der Waals surface area contributed by atoms with E-state index in [1.54, 1.807) is 38.4 Å². The molecule has 0 unspecified atom stereocenters. The Hall–Kier alpha value is -3.74. The number of furan rings is 1. The van der Waals surface area contributed by atoms with E-state index in [0.717, 1.165) is 33.4 Å². The maximum Gasteiger partial charge on any atom is 0.309 e. The largest absolute Gasteiger partial charge is 0.497 e. The maximum absolute atomic E-state index is 13.0. The number of piperidine rings is 1. The maximum atomic E-state index is 13.0. The van der Waals surface area contributed by atoms with E-state index in [9.17, 15) is 9.59 Å². The Morgan fingerprint density at radius 3 is 2.43 bits per heavy atom. The Balaban J connectivity index is 1.58. The molecule has 0 saturated carbocycles. The molecule has 35 heavy (non-hydrogen) atoms. The van der Waals surface area contributed by atoms with Crippen LogP contribution >= 0.6 is 0 Å². The van der Waals surface area contributed by atoms with Gasteiger partial charge in [0.25, 0.3) is 0 Å². The number of esters is 1. The molecule has 3 aromatic rings. The van der Waals surface area contributed by atoms with Gasteiger partial charge in [0, 0.05) is 41.7 Å². The summed E-state index contributed by atoms with van der Waals surface area (Å²) < 4.78 is 21.8. The Morgan fingerprint density at radius 2 is 1.80 bits per heavy atom. The van der Waals surface area contributed by atoms with E-state index < -0.39 is 0 Å². The number of benzene rings is 2. The van der Waals surface area contributed by atoms with E-state index in [0.29, 0.717) is 43.9 Å². The number of allylic oxidation sites excluding steroid dienone is 1. The lowest BCUT2D eigenvalue weighted by Crippen LogP contribution is -2.40. The topological polar surface area (TPSA) is 78.2 Å². The standard InChI is InChI=1S/C28H31NO6/c1-5-34-28(31)20-10-12-29(13-11-20)27(30)14-18(2)22-15-23-24(17-35-26(23)16-25(22)33-4)19-6-8-21(32-3)9-7-19/h6-9,14-17,20H,5,10-13H2,1-4H3/b18-14+. The number of nitrogens with zero attached hydrogens (tertiary/aromatic N) is 1. The van der Waals surface area contributed by atoms with Gasteiger partial charge in [-0.15, -0.1) is 0 Å². The van der Waals surface area contributed by atoms with Crippen molar-refractivity contribution in [2.24, 2.45) is 5.92 Å². The van der Waals surface area contributed by atoms with E-state index >= 15 is 0 Å². The van der Waals surface area contributed by atoms with Crippen LogP contribution in [0.5, 0.6) is 11.5 Å².